The second-order valence-electron chi connectivity index (χ2n) is 4.07. The molecule has 1 fully saturated rings. The third kappa shape index (κ3) is 3.61. The van der Waals surface area contributed by atoms with Gasteiger partial charge in [0.05, 0.1) is 12.4 Å². The molecule has 0 atom stereocenters. The number of rotatable bonds is 3. The maximum atomic E-state index is 12.7. The largest absolute Gasteiger partial charge is 0.339 e. The van der Waals surface area contributed by atoms with Crippen LogP contribution in [0.2, 0.25) is 0 Å². The normalized spacial score (nSPS) is 18.1. The van der Waals surface area contributed by atoms with Crippen LogP contribution in [-0.2, 0) is 0 Å². The molecule has 1 aliphatic heterocycles. The molecule has 0 spiro atoms. The first-order chi connectivity index (χ1) is 8.29. The van der Waals surface area contributed by atoms with Crippen molar-refractivity contribution in [1.82, 2.24) is 14.9 Å². The third-order valence-corrected chi connectivity index (χ3v) is 3.23. The van der Waals surface area contributed by atoms with Gasteiger partial charge in [0.15, 0.2) is 5.82 Å². The van der Waals surface area contributed by atoms with E-state index in [1.165, 1.54) is 12.4 Å². The van der Waals surface area contributed by atoms with Gasteiger partial charge in [0, 0.05) is 31.5 Å². The summed E-state index contributed by atoms with van der Waals surface area (Å²) < 4.78 is 12.7. The lowest BCUT2D eigenvalue weighted by Crippen LogP contribution is -2.32. The van der Waals surface area contributed by atoms with Crippen LogP contribution in [0.3, 0.4) is 0 Å². The van der Waals surface area contributed by atoms with Crippen LogP contribution in [0, 0.1) is 5.82 Å². The van der Waals surface area contributed by atoms with Crippen molar-refractivity contribution in [2.75, 3.05) is 43.0 Å². The van der Waals surface area contributed by atoms with E-state index in [0.29, 0.717) is 5.95 Å². The molecule has 6 heteroatoms. The molecule has 0 unspecified atom stereocenters. The van der Waals surface area contributed by atoms with Gasteiger partial charge >= 0.3 is 0 Å². The fourth-order valence-corrected chi connectivity index (χ4v) is 2.48. The lowest BCUT2D eigenvalue weighted by atomic mass is 10.4. The van der Waals surface area contributed by atoms with E-state index in [2.05, 4.69) is 35.7 Å². The Morgan fingerprint density at radius 2 is 1.94 bits per heavy atom. The minimum Gasteiger partial charge on any atom is -0.339 e. The number of nitrogens with zero attached hydrogens (tertiary/aromatic N) is 4. The summed E-state index contributed by atoms with van der Waals surface area (Å²) in [4.78, 5) is 12.6. The molecule has 0 saturated carbocycles. The van der Waals surface area contributed by atoms with Crippen molar-refractivity contribution in [2.24, 2.45) is 0 Å². The number of hydrogen-bond donors (Lipinski definition) is 0. The molecular formula is C11H16BrFN4. The Morgan fingerprint density at radius 3 is 2.65 bits per heavy atom. The van der Waals surface area contributed by atoms with Gasteiger partial charge in [0.25, 0.3) is 0 Å². The third-order valence-electron chi connectivity index (χ3n) is 2.88. The number of hydrogen-bond acceptors (Lipinski definition) is 4. The van der Waals surface area contributed by atoms with Crippen molar-refractivity contribution in [3.63, 3.8) is 0 Å². The quantitative estimate of drug-likeness (QED) is 0.793. The number of halogens is 2. The molecule has 1 saturated heterocycles. The molecular weight excluding hydrogens is 287 g/mol. The molecule has 1 aromatic heterocycles. The number of anilines is 1. The van der Waals surface area contributed by atoms with Crippen LogP contribution < -0.4 is 4.90 Å². The lowest BCUT2D eigenvalue weighted by Gasteiger charge is -2.21. The molecule has 4 nitrogen and oxygen atoms in total. The van der Waals surface area contributed by atoms with Crippen LogP contribution in [0.1, 0.15) is 6.42 Å². The summed E-state index contributed by atoms with van der Waals surface area (Å²) >= 11 is 3.46. The summed E-state index contributed by atoms with van der Waals surface area (Å²) in [7, 11) is 0. The molecule has 17 heavy (non-hydrogen) atoms. The van der Waals surface area contributed by atoms with Crippen molar-refractivity contribution in [3.05, 3.63) is 18.2 Å². The molecule has 0 aromatic carbocycles. The topological polar surface area (TPSA) is 32.3 Å². The number of alkyl halides is 1. The molecule has 94 valence electrons. The molecule has 0 aliphatic carbocycles. The second kappa shape index (κ2) is 6.26. The summed E-state index contributed by atoms with van der Waals surface area (Å²) in [6, 6.07) is 0. The molecule has 0 radical (unpaired) electrons. The minimum atomic E-state index is -0.385. The van der Waals surface area contributed by atoms with E-state index in [1.54, 1.807) is 0 Å². The molecule has 2 rings (SSSR count). The molecule has 1 aliphatic rings. The van der Waals surface area contributed by atoms with Gasteiger partial charge in [-0.1, -0.05) is 15.9 Å². The number of aromatic nitrogens is 2. The van der Waals surface area contributed by atoms with Crippen molar-refractivity contribution < 1.29 is 4.39 Å². The maximum absolute atomic E-state index is 12.7. The van der Waals surface area contributed by atoms with Crippen molar-refractivity contribution in [2.45, 2.75) is 6.42 Å². The van der Waals surface area contributed by atoms with E-state index in [9.17, 15) is 4.39 Å². The highest BCUT2D eigenvalue weighted by Crippen LogP contribution is 2.10. The van der Waals surface area contributed by atoms with Gasteiger partial charge in [-0.2, -0.15) is 0 Å². The Morgan fingerprint density at radius 1 is 1.18 bits per heavy atom. The fraction of sp³-hybridized carbons (Fsp3) is 0.636. The zero-order valence-electron chi connectivity index (χ0n) is 9.65. The molecule has 1 aromatic rings. The van der Waals surface area contributed by atoms with Crippen molar-refractivity contribution >= 4 is 21.9 Å². The van der Waals surface area contributed by atoms with Crippen LogP contribution in [0.5, 0.6) is 0 Å². The summed E-state index contributed by atoms with van der Waals surface area (Å²) in [5.41, 5.74) is 0. The first kappa shape index (κ1) is 12.7. The second-order valence-corrected chi connectivity index (χ2v) is 4.87. The van der Waals surface area contributed by atoms with Crippen LogP contribution in [0.4, 0.5) is 10.3 Å². The van der Waals surface area contributed by atoms with E-state index in [-0.39, 0.29) is 5.82 Å². The summed E-state index contributed by atoms with van der Waals surface area (Å²) in [6.45, 7) is 5.01. The summed E-state index contributed by atoms with van der Waals surface area (Å²) in [5.74, 6) is 0.247. The van der Waals surface area contributed by atoms with Crippen molar-refractivity contribution in [1.29, 1.82) is 0 Å². The Hall–Kier alpha value is -0.750. The SMILES string of the molecule is Fc1cnc(N2CCCN(CCBr)CC2)nc1. The standard InChI is InChI=1S/C11H16BrFN4/c12-2-5-16-3-1-4-17(7-6-16)11-14-8-10(13)9-15-11/h8-9H,1-7H2. The summed E-state index contributed by atoms with van der Waals surface area (Å²) in [5, 5.41) is 1.00. The van der Waals surface area contributed by atoms with Crippen LogP contribution in [0.15, 0.2) is 12.4 Å². The zero-order chi connectivity index (χ0) is 12.1. The monoisotopic (exact) mass is 302 g/mol. The van der Waals surface area contributed by atoms with Gasteiger partial charge < -0.3 is 9.80 Å². The highest BCUT2D eigenvalue weighted by atomic mass is 79.9. The zero-order valence-corrected chi connectivity index (χ0v) is 11.2. The van der Waals surface area contributed by atoms with E-state index >= 15 is 0 Å². The van der Waals surface area contributed by atoms with E-state index in [4.69, 9.17) is 0 Å². The predicted molar refractivity (Wildman–Crippen MR) is 69.1 cm³/mol. The molecule has 0 amide bonds. The highest BCUT2D eigenvalue weighted by molar-refractivity contribution is 9.09. The Labute approximate surface area is 109 Å². The van der Waals surface area contributed by atoms with Gasteiger partial charge in [0.2, 0.25) is 5.95 Å². The Balaban J connectivity index is 1.96. The first-order valence-electron chi connectivity index (χ1n) is 5.80. The highest BCUT2D eigenvalue weighted by Gasteiger charge is 2.16. The Bertz CT molecular complexity index is 346. The smallest absolute Gasteiger partial charge is 0.225 e. The van der Waals surface area contributed by atoms with Crippen molar-refractivity contribution in [3.8, 4) is 0 Å². The van der Waals surface area contributed by atoms with Crippen LogP contribution >= 0.6 is 15.9 Å². The van der Waals surface area contributed by atoms with Crippen LogP contribution in [-0.4, -0.2) is 52.9 Å². The van der Waals surface area contributed by atoms with Gasteiger partial charge in [-0.3, -0.25) is 0 Å². The maximum Gasteiger partial charge on any atom is 0.225 e. The van der Waals surface area contributed by atoms with Gasteiger partial charge in [-0.25, -0.2) is 14.4 Å². The van der Waals surface area contributed by atoms with E-state index < -0.39 is 0 Å². The summed E-state index contributed by atoms with van der Waals surface area (Å²) in [6.07, 6.45) is 3.54. The average Bonchev–Trinajstić information content (AvgIpc) is 2.56. The average molecular weight is 303 g/mol. The van der Waals surface area contributed by atoms with E-state index in [1.807, 2.05) is 0 Å². The van der Waals surface area contributed by atoms with Gasteiger partial charge in [0.1, 0.15) is 0 Å². The Kier molecular flexibility index (Phi) is 4.67. The fourth-order valence-electron chi connectivity index (χ4n) is 1.98. The molecule has 0 N–H and O–H groups in total. The first-order valence-corrected chi connectivity index (χ1v) is 6.92. The lowest BCUT2D eigenvalue weighted by molar-refractivity contribution is 0.313. The molecule has 2 heterocycles. The van der Waals surface area contributed by atoms with Crippen LogP contribution in [0.25, 0.3) is 0 Å². The van der Waals surface area contributed by atoms with E-state index in [0.717, 1.165) is 44.5 Å². The van der Waals surface area contributed by atoms with Gasteiger partial charge in [-0.05, 0) is 13.0 Å². The minimum absolute atomic E-state index is 0.385. The van der Waals surface area contributed by atoms with Gasteiger partial charge in [-0.15, -0.1) is 0 Å². The predicted octanol–water partition coefficient (Wildman–Crippen LogP) is 1.52. The molecule has 0 bridgehead atoms.